The highest BCUT2D eigenvalue weighted by Gasteiger charge is 2.17. The molecule has 2 rings (SSSR count). The molecule has 0 N–H and O–H groups in total. The fourth-order valence-electron chi connectivity index (χ4n) is 2.70. The van der Waals surface area contributed by atoms with Crippen LogP contribution in [0.1, 0.15) is 70.0 Å². The molecule has 18 heavy (non-hydrogen) atoms. The normalized spacial score (nSPS) is 18.0. The summed E-state index contributed by atoms with van der Waals surface area (Å²) in [5.74, 6) is 0. The molecule has 3 heteroatoms. The minimum absolute atomic E-state index is 0.388. The first-order valence-corrected chi connectivity index (χ1v) is 8.18. The van der Waals surface area contributed by atoms with Crippen molar-refractivity contribution in [3.63, 3.8) is 0 Å². The maximum Gasteiger partial charge on any atom is 0.185 e. The molecular formula is C15H26N2S. The van der Waals surface area contributed by atoms with Gasteiger partial charge in [-0.25, -0.2) is 0 Å². The summed E-state index contributed by atoms with van der Waals surface area (Å²) >= 11 is 1.94. The highest BCUT2D eigenvalue weighted by atomic mass is 32.1. The van der Waals surface area contributed by atoms with Crippen molar-refractivity contribution in [2.75, 3.05) is 0 Å². The second-order valence-corrected chi connectivity index (χ2v) is 6.92. The Bertz CT molecular complexity index is 452. The summed E-state index contributed by atoms with van der Waals surface area (Å²) < 4.78 is 2.49. The second kappa shape index (κ2) is 6.05. The molecule has 1 aromatic heterocycles. The lowest BCUT2D eigenvalue weighted by atomic mass is 10.0. The SMILES string of the molecule is CC(C)N=c1sc2c(n1C(C)C)CCCCCC2. The lowest BCUT2D eigenvalue weighted by Gasteiger charge is -2.16. The molecule has 0 amide bonds. The van der Waals surface area contributed by atoms with E-state index >= 15 is 0 Å². The molecule has 1 aromatic rings. The minimum atomic E-state index is 0.388. The van der Waals surface area contributed by atoms with Crippen LogP contribution in [0.5, 0.6) is 0 Å². The topological polar surface area (TPSA) is 17.3 Å². The van der Waals surface area contributed by atoms with Crippen LogP contribution in [-0.2, 0) is 12.8 Å². The number of nitrogens with zero attached hydrogens (tertiary/aromatic N) is 2. The Labute approximate surface area is 115 Å². The highest BCUT2D eigenvalue weighted by Crippen LogP contribution is 2.24. The van der Waals surface area contributed by atoms with Gasteiger partial charge < -0.3 is 4.57 Å². The molecule has 0 saturated heterocycles. The molecular weight excluding hydrogens is 240 g/mol. The molecule has 0 unspecified atom stereocenters. The summed E-state index contributed by atoms with van der Waals surface area (Å²) in [4.78, 5) is 7.67. The van der Waals surface area contributed by atoms with Crippen LogP contribution in [-0.4, -0.2) is 10.6 Å². The first-order chi connectivity index (χ1) is 8.59. The number of thiazole rings is 1. The van der Waals surface area contributed by atoms with Crippen LogP contribution in [0.2, 0.25) is 0 Å². The lowest BCUT2D eigenvalue weighted by molar-refractivity contribution is 0.523. The average Bonchev–Trinajstić information content (AvgIpc) is 2.55. The van der Waals surface area contributed by atoms with E-state index in [1.54, 1.807) is 10.6 Å². The zero-order valence-electron chi connectivity index (χ0n) is 12.2. The Morgan fingerprint density at radius 1 is 1.00 bits per heavy atom. The summed E-state index contributed by atoms with van der Waals surface area (Å²) in [7, 11) is 0. The van der Waals surface area contributed by atoms with Crippen LogP contribution in [0.3, 0.4) is 0 Å². The molecule has 1 heterocycles. The molecule has 0 spiro atoms. The largest absolute Gasteiger partial charge is 0.318 e. The summed E-state index contributed by atoms with van der Waals surface area (Å²) in [5, 5.41) is 0. The molecule has 0 atom stereocenters. The number of hydrogen-bond donors (Lipinski definition) is 0. The molecule has 0 bridgehead atoms. The summed E-state index contributed by atoms with van der Waals surface area (Å²) in [6, 6.07) is 0.918. The predicted molar refractivity (Wildman–Crippen MR) is 79.3 cm³/mol. The monoisotopic (exact) mass is 266 g/mol. The van der Waals surface area contributed by atoms with Gasteiger partial charge in [0, 0.05) is 22.7 Å². The number of hydrogen-bond acceptors (Lipinski definition) is 2. The smallest absolute Gasteiger partial charge is 0.185 e. The van der Waals surface area contributed by atoms with E-state index in [1.165, 1.54) is 43.3 Å². The average molecular weight is 266 g/mol. The maximum atomic E-state index is 4.83. The van der Waals surface area contributed by atoms with Crippen molar-refractivity contribution in [1.82, 2.24) is 4.57 Å². The predicted octanol–water partition coefficient (Wildman–Crippen LogP) is 4.10. The number of aromatic nitrogens is 1. The summed E-state index contributed by atoms with van der Waals surface area (Å²) in [6.45, 7) is 8.90. The van der Waals surface area contributed by atoms with Gasteiger partial charge in [0.2, 0.25) is 0 Å². The Hall–Kier alpha value is -0.570. The summed E-state index contributed by atoms with van der Waals surface area (Å²) in [5.41, 5.74) is 1.58. The van der Waals surface area contributed by atoms with E-state index in [0.717, 1.165) is 0 Å². The van der Waals surface area contributed by atoms with Crippen LogP contribution in [0, 0.1) is 0 Å². The van der Waals surface area contributed by atoms with Gasteiger partial charge in [0.1, 0.15) is 0 Å². The summed E-state index contributed by atoms with van der Waals surface area (Å²) in [6.07, 6.45) is 8.00. The first-order valence-electron chi connectivity index (χ1n) is 7.36. The van der Waals surface area contributed by atoms with Crippen molar-refractivity contribution in [1.29, 1.82) is 0 Å². The maximum absolute atomic E-state index is 4.83. The molecule has 1 aliphatic rings. The first kappa shape index (κ1) is 13.9. The Morgan fingerprint density at radius 3 is 2.28 bits per heavy atom. The van der Waals surface area contributed by atoms with Gasteiger partial charge in [-0.2, -0.15) is 0 Å². The quantitative estimate of drug-likeness (QED) is 0.767. The highest BCUT2D eigenvalue weighted by molar-refractivity contribution is 7.09. The lowest BCUT2D eigenvalue weighted by Crippen LogP contribution is -2.21. The van der Waals surface area contributed by atoms with Gasteiger partial charge in [0.25, 0.3) is 0 Å². The van der Waals surface area contributed by atoms with Crippen molar-refractivity contribution < 1.29 is 0 Å². The van der Waals surface area contributed by atoms with E-state index in [4.69, 9.17) is 4.99 Å². The fraction of sp³-hybridized carbons (Fsp3) is 0.800. The van der Waals surface area contributed by atoms with Crippen LogP contribution in [0.4, 0.5) is 0 Å². The van der Waals surface area contributed by atoms with Crippen molar-refractivity contribution in [2.45, 2.75) is 78.3 Å². The van der Waals surface area contributed by atoms with Crippen molar-refractivity contribution >= 4 is 11.3 Å². The van der Waals surface area contributed by atoms with Crippen molar-refractivity contribution in [3.8, 4) is 0 Å². The minimum Gasteiger partial charge on any atom is -0.318 e. The van der Waals surface area contributed by atoms with E-state index in [0.29, 0.717) is 12.1 Å². The molecule has 2 nitrogen and oxygen atoms in total. The number of rotatable bonds is 2. The zero-order valence-corrected chi connectivity index (χ0v) is 13.0. The van der Waals surface area contributed by atoms with Crippen LogP contribution in [0.15, 0.2) is 4.99 Å². The molecule has 0 aromatic carbocycles. The fourth-order valence-corrected chi connectivity index (χ4v) is 4.16. The van der Waals surface area contributed by atoms with Crippen LogP contribution >= 0.6 is 11.3 Å². The number of fused-ring (bicyclic) bond motifs is 1. The van der Waals surface area contributed by atoms with Gasteiger partial charge in [0.05, 0.1) is 0 Å². The van der Waals surface area contributed by atoms with E-state index in [1.807, 2.05) is 11.3 Å². The van der Waals surface area contributed by atoms with E-state index < -0.39 is 0 Å². The third-order valence-corrected chi connectivity index (χ3v) is 4.66. The van der Waals surface area contributed by atoms with E-state index in [9.17, 15) is 0 Å². The third kappa shape index (κ3) is 3.05. The van der Waals surface area contributed by atoms with E-state index in [2.05, 4.69) is 32.3 Å². The molecule has 0 aliphatic heterocycles. The van der Waals surface area contributed by atoms with Crippen molar-refractivity contribution in [3.05, 3.63) is 15.4 Å². The van der Waals surface area contributed by atoms with Crippen LogP contribution < -0.4 is 4.80 Å². The zero-order chi connectivity index (χ0) is 13.1. The van der Waals surface area contributed by atoms with Gasteiger partial charge >= 0.3 is 0 Å². The molecule has 1 aliphatic carbocycles. The van der Waals surface area contributed by atoms with Crippen molar-refractivity contribution in [2.24, 2.45) is 4.99 Å². The van der Waals surface area contributed by atoms with Crippen LogP contribution in [0.25, 0.3) is 0 Å². The van der Waals surface area contributed by atoms with Gasteiger partial charge in [-0.1, -0.05) is 12.8 Å². The Balaban J connectivity index is 2.51. The Kier molecular flexibility index (Phi) is 4.66. The van der Waals surface area contributed by atoms with Gasteiger partial charge in [0.15, 0.2) is 4.80 Å². The molecule has 0 saturated carbocycles. The van der Waals surface area contributed by atoms with Gasteiger partial charge in [-0.15, -0.1) is 11.3 Å². The van der Waals surface area contributed by atoms with Gasteiger partial charge in [-0.3, -0.25) is 4.99 Å². The van der Waals surface area contributed by atoms with E-state index in [-0.39, 0.29) is 0 Å². The Morgan fingerprint density at radius 2 is 1.67 bits per heavy atom. The molecule has 0 fully saturated rings. The second-order valence-electron chi connectivity index (χ2n) is 5.86. The molecule has 102 valence electrons. The standard InChI is InChI=1S/C15H26N2S/c1-11(2)16-15-17(12(3)4)13-9-7-5-6-8-10-14(13)18-15/h11-12H,5-10H2,1-4H3. The van der Waals surface area contributed by atoms with Gasteiger partial charge in [-0.05, 0) is 53.4 Å². The number of aryl methyl sites for hydroxylation is 1. The third-order valence-electron chi connectivity index (χ3n) is 3.49. The molecule has 0 radical (unpaired) electrons.